The van der Waals surface area contributed by atoms with Gasteiger partial charge in [-0.1, -0.05) is 23.7 Å². The monoisotopic (exact) mass is 295 g/mol. The molecule has 1 atom stereocenters. The highest BCUT2D eigenvalue weighted by Crippen LogP contribution is 2.27. The molecule has 112 valence electrons. The highest BCUT2D eigenvalue weighted by atomic mass is 35.5. The minimum atomic E-state index is 0.326. The highest BCUT2D eigenvalue weighted by molar-refractivity contribution is 6.30. The van der Waals surface area contributed by atoms with Gasteiger partial charge in [-0.15, -0.1) is 0 Å². The van der Waals surface area contributed by atoms with Crippen molar-refractivity contribution < 1.29 is 0 Å². The van der Waals surface area contributed by atoms with E-state index in [-0.39, 0.29) is 0 Å². The molecule has 1 fully saturated rings. The van der Waals surface area contributed by atoms with Crippen LogP contribution in [-0.2, 0) is 0 Å². The molecule has 0 aliphatic carbocycles. The molecular weight excluding hydrogens is 270 g/mol. The van der Waals surface area contributed by atoms with Crippen LogP contribution in [0.15, 0.2) is 24.3 Å². The lowest BCUT2D eigenvalue weighted by molar-refractivity contribution is 0.122. The number of likely N-dealkylation sites (tertiary alicyclic amines) is 1. The van der Waals surface area contributed by atoms with Gasteiger partial charge in [-0.2, -0.15) is 0 Å². The molecule has 20 heavy (non-hydrogen) atoms. The van der Waals surface area contributed by atoms with Crippen molar-refractivity contribution >= 4 is 11.6 Å². The van der Waals surface area contributed by atoms with E-state index >= 15 is 0 Å². The van der Waals surface area contributed by atoms with Gasteiger partial charge in [0.25, 0.3) is 0 Å². The summed E-state index contributed by atoms with van der Waals surface area (Å²) in [7, 11) is 4.31. The van der Waals surface area contributed by atoms with Crippen molar-refractivity contribution in [1.82, 2.24) is 9.80 Å². The second-order valence-corrected chi connectivity index (χ2v) is 6.48. The molecule has 3 nitrogen and oxygen atoms in total. The Bertz CT molecular complexity index is 397. The fourth-order valence-electron chi connectivity index (χ4n) is 3.14. The number of hydrogen-bond donors (Lipinski definition) is 1. The van der Waals surface area contributed by atoms with Gasteiger partial charge in [-0.3, -0.25) is 4.90 Å². The number of rotatable bonds is 5. The van der Waals surface area contributed by atoms with Gasteiger partial charge >= 0.3 is 0 Å². The second kappa shape index (κ2) is 7.41. The Kier molecular flexibility index (Phi) is 5.85. The van der Waals surface area contributed by atoms with Crippen LogP contribution >= 0.6 is 11.6 Å². The van der Waals surface area contributed by atoms with Gasteiger partial charge in [0.15, 0.2) is 0 Å². The average Bonchev–Trinajstić information content (AvgIpc) is 2.43. The molecule has 0 aromatic heterocycles. The lowest BCUT2D eigenvalue weighted by Gasteiger charge is -2.38. The summed E-state index contributed by atoms with van der Waals surface area (Å²) in [6.45, 7) is 4.15. The Morgan fingerprint density at radius 2 is 1.85 bits per heavy atom. The number of piperidine rings is 1. The lowest BCUT2D eigenvalue weighted by Crippen LogP contribution is -2.41. The average molecular weight is 296 g/mol. The van der Waals surface area contributed by atoms with E-state index < -0.39 is 0 Å². The summed E-state index contributed by atoms with van der Waals surface area (Å²) in [6.07, 6.45) is 2.53. The topological polar surface area (TPSA) is 32.5 Å². The second-order valence-electron chi connectivity index (χ2n) is 6.04. The fraction of sp³-hybridized carbons (Fsp3) is 0.625. The molecule has 0 bridgehead atoms. The zero-order chi connectivity index (χ0) is 14.5. The quantitative estimate of drug-likeness (QED) is 0.906. The molecule has 0 saturated carbocycles. The summed E-state index contributed by atoms with van der Waals surface area (Å²) in [4.78, 5) is 4.81. The first-order valence-electron chi connectivity index (χ1n) is 7.44. The van der Waals surface area contributed by atoms with Crippen molar-refractivity contribution in [2.45, 2.75) is 18.9 Å². The molecule has 1 aliphatic rings. The van der Waals surface area contributed by atoms with Crippen molar-refractivity contribution in [3.8, 4) is 0 Å². The molecule has 1 saturated heterocycles. The van der Waals surface area contributed by atoms with Crippen molar-refractivity contribution in [3.63, 3.8) is 0 Å². The van der Waals surface area contributed by atoms with E-state index in [4.69, 9.17) is 17.3 Å². The summed E-state index contributed by atoms with van der Waals surface area (Å²) in [5.74, 6) is 0.824. The van der Waals surface area contributed by atoms with Crippen LogP contribution in [0.2, 0.25) is 5.02 Å². The number of nitrogens with two attached hydrogens (primary N) is 1. The van der Waals surface area contributed by atoms with E-state index in [0.717, 1.165) is 24.0 Å². The minimum Gasteiger partial charge on any atom is -0.329 e. The SMILES string of the molecule is CN(C)CC1CCN(C(CN)c2ccc(Cl)cc2)CC1. The molecule has 1 aromatic carbocycles. The van der Waals surface area contributed by atoms with Gasteiger partial charge in [0, 0.05) is 24.2 Å². The summed E-state index contributed by atoms with van der Waals surface area (Å²) < 4.78 is 0. The van der Waals surface area contributed by atoms with E-state index in [1.54, 1.807) is 0 Å². The van der Waals surface area contributed by atoms with Crippen molar-refractivity contribution in [3.05, 3.63) is 34.9 Å². The number of nitrogens with zero attached hydrogens (tertiary/aromatic N) is 2. The van der Waals surface area contributed by atoms with Gasteiger partial charge in [0.2, 0.25) is 0 Å². The third kappa shape index (κ3) is 4.19. The first-order chi connectivity index (χ1) is 9.60. The zero-order valence-electron chi connectivity index (χ0n) is 12.6. The van der Waals surface area contributed by atoms with Gasteiger partial charge < -0.3 is 10.6 Å². The Morgan fingerprint density at radius 1 is 1.25 bits per heavy atom. The van der Waals surface area contributed by atoms with E-state index in [1.165, 1.54) is 24.9 Å². The zero-order valence-corrected chi connectivity index (χ0v) is 13.3. The van der Waals surface area contributed by atoms with Crippen LogP contribution in [0, 0.1) is 5.92 Å². The fourth-order valence-corrected chi connectivity index (χ4v) is 3.27. The van der Waals surface area contributed by atoms with Gasteiger partial charge in [-0.25, -0.2) is 0 Å². The Hall–Kier alpha value is -0.610. The maximum atomic E-state index is 6.01. The molecule has 1 unspecified atom stereocenters. The molecule has 1 heterocycles. The standard InChI is InChI=1S/C16H26ClN3/c1-19(2)12-13-7-9-20(10-8-13)16(11-18)14-3-5-15(17)6-4-14/h3-6,13,16H,7-12,18H2,1-2H3. The van der Waals surface area contributed by atoms with E-state index in [0.29, 0.717) is 12.6 Å². The highest BCUT2D eigenvalue weighted by Gasteiger charge is 2.25. The molecular formula is C16H26ClN3. The molecule has 2 rings (SSSR count). The molecule has 0 amide bonds. The number of halogens is 1. The van der Waals surface area contributed by atoms with Crippen molar-refractivity contribution in [2.75, 3.05) is 40.3 Å². The first kappa shape index (κ1) is 15.8. The summed E-state index contributed by atoms with van der Waals surface area (Å²) >= 11 is 5.96. The van der Waals surface area contributed by atoms with Crippen LogP contribution in [0.1, 0.15) is 24.4 Å². The third-order valence-corrected chi connectivity index (χ3v) is 4.44. The summed E-state index contributed by atoms with van der Waals surface area (Å²) in [5.41, 5.74) is 7.29. The predicted molar refractivity (Wildman–Crippen MR) is 86.1 cm³/mol. The van der Waals surface area contributed by atoms with Crippen LogP contribution in [0.25, 0.3) is 0 Å². The Balaban J connectivity index is 1.95. The van der Waals surface area contributed by atoms with Crippen LogP contribution in [0.5, 0.6) is 0 Å². The summed E-state index contributed by atoms with van der Waals surface area (Å²) in [5, 5.41) is 0.786. The third-order valence-electron chi connectivity index (χ3n) is 4.19. The minimum absolute atomic E-state index is 0.326. The van der Waals surface area contributed by atoms with Crippen LogP contribution in [-0.4, -0.2) is 50.1 Å². The van der Waals surface area contributed by atoms with E-state index in [2.05, 4.69) is 36.0 Å². The molecule has 0 spiro atoms. The van der Waals surface area contributed by atoms with Gasteiger partial charge in [0.1, 0.15) is 0 Å². The first-order valence-corrected chi connectivity index (χ1v) is 7.82. The van der Waals surface area contributed by atoms with E-state index in [1.807, 2.05) is 12.1 Å². The molecule has 4 heteroatoms. The predicted octanol–water partition coefficient (Wildman–Crippen LogP) is 2.61. The van der Waals surface area contributed by atoms with E-state index in [9.17, 15) is 0 Å². The Labute approximate surface area is 127 Å². The molecule has 0 radical (unpaired) electrons. The normalized spacial score (nSPS) is 19.4. The Morgan fingerprint density at radius 3 is 2.35 bits per heavy atom. The maximum Gasteiger partial charge on any atom is 0.0470 e. The smallest absolute Gasteiger partial charge is 0.0470 e. The molecule has 2 N–H and O–H groups in total. The van der Waals surface area contributed by atoms with Gasteiger partial charge in [0.05, 0.1) is 0 Å². The largest absolute Gasteiger partial charge is 0.329 e. The number of hydrogen-bond acceptors (Lipinski definition) is 3. The van der Waals surface area contributed by atoms with Crippen LogP contribution in [0.3, 0.4) is 0 Å². The molecule has 1 aliphatic heterocycles. The van der Waals surface area contributed by atoms with Crippen molar-refractivity contribution in [2.24, 2.45) is 11.7 Å². The lowest BCUT2D eigenvalue weighted by atomic mass is 9.94. The maximum absolute atomic E-state index is 6.01. The van der Waals surface area contributed by atoms with Crippen molar-refractivity contribution in [1.29, 1.82) is 0 Å². The summed E-state index contributed by atoms with van der Waals surface area (Å²) in [6, 6.07) is 8.45. The number of benzene rings is 1. The van der Waals surface area contributed by atoms with Crippen LogP contribution in [0.4, 0.5) is 0 Å². The molecule has 1 aromatic rings. The van der Waals surface area contributed by atoms with Crippen LogP contribution < -0.4 is 5.73 Å². The van der Waals surface area contributed by atoms with Gasteiger partial charge in [-0.05, 0) is 63.6 Å².